The number of aromatic amines is 2. The van der Waals surface area contributed by atoms with Crippen molar-refractivity contribution in [3.8, 4) is 57.3 Å². The summed E-state index contributed by atoms with van der Waals surface area (Å²) in [6.45, 7) is -0.181. The molecule has 0 spiro atoms. The van der Waals surface area contributed by atoms with Gasteiger partial charge in [0.2, 0.25) is 0 Å². The Hall–Kier alpha value is -3.88. The third-order valence-electron chi connectivity index (χ3n) is 13.4. The number of rotatable bonds is 5. The van der Waals surface area contributed by atoms with Crippen molar-refractivity contribution in [3.63, 3.8) is 0 Å². The van der Waals surface area contributed by atoms with Crippen LogP contribution in [0.25, 0.3) is 33.9 Å². The Balaban J connectivity index is 0.000000215. The number of hydrogen-bond donors (Lipinski definition) is 4. The summed E-state index contributed by atoms with van der Waals surface area (Å²) in [6, 6.07) is 23.5. The van der Waals surface area contributed by atoms with Crippen LogP contribution in [0.15, 0.2) is 93.0 Å². The Labute approximate surface area is 523 Å². The number of carbonyl (C=O) groups excluding carboxylic acids is 2. The number of H-pyrrole nitrogens is 2. The molecule has 4 bridgehead atoms. The molecule has 4 N–H and O–H groups in total. The second kappa shape index (κ2) is 25.7. The number of nitrogens with one attached hydrogen (secondary N) is 3. The van der Waals surface area contributed by atoms with Crippen molar-refractivity contribution >= 4 is 48.0 Å². The Morgan fingerprint density at radius 2 is 1.16 bits per heavy atom. The minimum Gasteiger partial charge on any atom is -1.00 e. The monoisotopic (exact) mass is 1120 g/mol. The van der Waals surface area contributed by atoms with Crippen LogP contribution in [0, 0.1) is 9.67 Å². The molecule has 2 aromatic heterocycles. The molecule has 0 saturated carbocycles. The first-order chi connectivity index (χ1) is 35.3. The first-order valence-electron chi connectivity index (χ1n) is 22.9. The number of fused-ring (bicyclic) bond motifs is 8. The van der Waals surface area contributed by atoms with E-state index in [-0.39, 0.29) is 120 Å². The molecule has 1 amide bonds. The summed E-state index contributed by atoms with van der Waals surface area (Å²) < 4.78 is 73.8. The van der Waals surface area contributed by atoms with Gasteiger partial charge in [-0.1, -0.05) is 47.5 Å². The predicted octanol–water partition coefficient (Wildman–Crippen LogP) is 3.92. The number of methoxy groups -OCH3 is 2. The van der Waals surface area contributed by atoms with E-state index in [0.717, 1.165) is 74.0 Å². The number of hydrogen-bond acceptors (Lipinski definition) is 17. The van der Waals surface area contributed by atoms with Crippen LogP contribution in [0.5, 0.6) is 34.5 Å². The van der Waals surface area contributed by atoms with E-state index in [4.69, 9.17) is 67.7 Å². The molecule has 25 heteroatoms. The molecule has 384 valence electrons. The van der Waals surface area contributed by atoms with E-state index < -0.39 is 24.2 Å². The molecule has 4 atom stereocenters. The zero-order valence-electron chi connectivity index (χ0n) is 42.2. The molecule has 0 aliphatic carbocycles. The van der Waals surface area contributed by atoms with Crippen LogP contribution in [-0.2, 0) is 19.4 Å². The molecule has 4 aromatic carbocycles. The van der Waals surface area contributed by atoms with Crippen molar-refractivity contribution in [3.05, 3.63) is 116 Å². The molecule has 0 radical (unpaired) electrons. The van der Waals surface area contributed by atoms with Gasteiger partial charge in [0.1, 0.15) is 11.5 Å². The number of para-hydroxylation sites is 2. The summed E-state index contributed by atoms with van der Waals surface area (Å²) in [5, 5.41) is 24.7. The summed E-state index contributed by atoms with van der Waals surface area (Å²) in [5.74, 6) is 3.20. The molecule has 6 aromatic rings. The fourth-order valence-corrected chi connectivity index (χ4v) is 10.9. The second-order valence-electron chi connectivity index (χ2n) is 17.5. The maximum absolute atomic E-state index is 13.3. The Kier molecular flexibility index (Phi) is 20.2. The normalized spacial score (nSPS) is 19.1. The largest absolute Gasteiger partial charge is 1.00 e. The summed E-state index contributed by atoms with van der Waals surface area (Å²) in [5.41, 5.74) is 10.1. The Bertz CT molecular complexity index is 3230. The zero-order chi connectivity index (χ0) is 51.6. The zero-order valence-corrected chi connectivity index (χ0v) is 49.1. The van der Waals surface area contributed by atoms with Crippen LogP contribution in [-0.4, -0.2) is 94.5 Å². The van der Waals surface area contributed by atoms with E-state index in [1.807, 2.05) is 54.6 Å². The fourth-order valence-electron chi connectivity index (χ4n) is 10.7. The number of aromatic nitrogens is 4. The standard InChI is InChI=1S/C25H20F3N3O4S.C23H21N3O3S.CH2O3.CH4O2.2K.H/c1-33-18-4-2-3-17-20(13-9-14-6-7-15(10-13)31(14)23(32)25(26,27)28)16-8-5-12(11-19(16)34-21(17)18)22-29-24(36)35-30-22;1-27-18-4-2-3-17-20(13-9-14-6-7-15(10-13)24-14)16-8-5-12(11-19(16)28-21(17)18)22-25-23(30)29-26-22;2-1-4-3;1-3-2;;;/h2-5,8,11,14-15H,6-7,9-10H2,1H3,(H,29,30,36);2-5,8,11,14-15,24H,6-7,9-10H2,1H3,(H,25,26,30);1,3H;2H,1H3;;;/q;;;;2*+1;-1/p-1. The Morgan fingerprint density at radius 1 is 0.733 bits per heavy atom. The van der Waals surface area contributed by atoms with Gasteiger partial charge in [-0.15, -0.1) is 0 Å². The molecule has 4 fully saturated rings. The van der Waals surface area contributed by atoms with E-state index in [2.05, 4.69) is 47.5 Å². The molecule has 6 aliphatic rings. The van der Waals surface area contributed by atoms with Gasteiger partial charge in [0.15, 0.2) is 34.6 Å². The van der Waals surface area contributed by atoms with Crippen molar-refractivity contribution < 1.29 is 175 Å². The number of piperidine rings is 2. The number of ether oxygens (including phenoxy) is 4. The maximum Gasteiger partial charge on any atom is 1.00 e. The molecular formula is C50H47F3K2N6O12S2. The SMILES string of the molecule is COO.COc1cccc2c1Oc1cc(-c3nc(=S)o[nH]3)ccc1C2=C1CC2CCC(C1)N2.COc1cccc2c1Oc1cc(-c3nc(=S)o[nH]3)ccc1C2=C1CC2CCC(C1)N2C(=O)C(F)(F)F.O=CO[O-].[H-].[K+].[K+]. The molecule has 4 saturated heterocycles. The van der Waals surface area contributed by atoms with E-state index >= 15 is 0 Å². The number of carbonyl (C=O) groups is 2. The van der Waals surface area contributed by atoms with Crippen molar-refractivity contribution in [2.24, 2.45) is 0 Å². The first kappa shape index (κ1) is 58.8. The second-order valence-corrected chi connectivity index (χ2v) is 18.2. The quantitative estimate of drug-likeness (QED) is 0.0629. The number of benzene rings is 4. The number of halogens is 3. The summed E-state index contributed by atoms with van der Waals surface area (Å²) in [6.07, 6.45) is 1.57. The summed E-state index contributed by atoms with van der Waals surface area (Å²) in [4.78, 5) is 36.3. The topological polar surface area (TPSA) is 232 Å². The smallest absolute Gasteiger partial charge is 1.00 e. The van der Waals surface area contributed by atoms with Crippen molar-refractivity contribution in [1.82, 2.24) is 30.5 Å². The third kappa shape index (κ3) is 12.5. The fraction of sp³-hybridized carbons (Fsp3) is 0.320. The van der Waals surface area contributed by atoms with Gasteiger partial charge in [0.25, 0.3) is 6.47 Å². The van der Waals surface area contributed by atoms with E-state index in [0.29, 0.717) is 72.2 Å². The van der Waals surface area contributed by atoms with Crippen LogP contribution in [0.3, 0.4) is 0 Å². The molecule has 4 unspecified atom stereocenters. The van der Waals surface area contributed by atoms with Gasteiger partial charge >= 0.3 is 125 Å². The minimum absolute atomic E-state index is 0. The van der Waals surface area contributed by atoms with Crippen molar-refractivity contribution in [2.75, 3.05) is 21.3 Å². The van der Waals surface area contributed by atoms with Gasteiger partial charge in [-0.25, -0.2) is 15.2 Å². The number of nitrogens with zero attached hydrogens (tertiary/aromatic N) is 3. The summed E-state index contributed by atoms with van der Waals surface area (Å²) in [7, 11) is 4.41. The molecule has 18 nitrogen and oxygen atoms in total. The van der Waals surface area contributed by atoms with Gasteiger partial charge < -0.3 is 49.8 Å². The van der Waals surface area contributed by atoms with E-state index in [1.165, 1.54) is 31.1 Å². The van der Waals surface area contributed by atoms with E-state index in [9.17, 15) is 18.0 Å². The first-order valence-corrected chi connectivity index (χ1v) is 23.7. The van der Waals surface area contributed by atoms with Gasteiger partial charge in [0, 0.05) is 57.5 Å². The van der Waals surface area contributed by atoms with Crippen LogP contribution in [0.4, 0.5) is 13.2 Å². The van der Waals surface area contributed by atoms with Gasteiger partial charge in [-0.2, -0.15) is 23.1 Å². The predicted molar refractivity (Wildman–Crippen MR) is 258 cm³/mol. The average Bonchev–Trinajstić information content (AvgIpc) is 4.22. The third-order valence-corrected chi connectivity index (χ3v) is 13.8. The van der Waals surface area contributed by atoms with Crippen LogP contribution >= 0.6 is 24.4 Å². The molecule has 75 heavy (non-hydrogen) atoms. The number of amides is 1. The summed E-state index contributed by atoms with van der Waals surface area (Å²) >= 11 is 9.96. The molecule has 6 aliphatic heterocycles. The molecule has 8 heterocycles. The minimum atomic E-state index is -4.88. The van der Waals surface area contributed by atoms with Gasteiger partial charge in [0.05, 0.1) is 21.3 Å². The van der Waals surface area contributed by atoms with Gasteiger partial charge in [-0.3, -0.25) is 14.8 Å². The average molecular weight is 1120 g/mol. The van der Waals surface area contributed by atoms with Crippen molar-refractivity contribution in [2.45, 2.75) is 81.7 Å². The molecule has 12 rings (SSSR count). The van der Waals surface area contributed by atoms with Crippen LogP contribution in [0.2, 0.25) is 0 Å². The van der Waals surface area contributed by atoms with Gasteiger partial charge in [-0.05, 0) is 123 Å². The number of alkyl halides is 3. The van der Waals surface area contributed by atoms with Crippen LogP contribution < -0.4 is 132 Å². The van der Waals surface area contributed by atoms with Crippen molar-refractivity contribution in [1.29, 1.82) is 0 Å². The van der Waals surface area contributed by atoms with Crippen LogP contribution in [0.1, 0.15) is 75.0 Å². The maximum atomic E-state index is 13.3. The van der Waals surface area contributed by atoms with E-state index in [1.54, 1.807) is 20.3 Å². The molecular weight excluding hydrogens is 1080 g/mol. The Morgan fingerprint density at radius 3 is 1.53 bits per heavy atom.